The molecule has 31 heavy (non-hydrogen) atoms. The summed E-state index contributed by atoms with van der Waals surface area (Å²) in [5.41, 5.74) is 1.01. The van der Waals surface area contributed by atoms with E-state index >= 15 is 0 Å². The minimum atomic E-state index is 0.616. The van der Waals surface area contributed by atoms with Crippen LogP contribution in [-0.2, 0) is 4.74 Å². The van der Waals surface area contributed by atoms with E-state index in [1.54, 1.807) is 12.4 Å². The van der Waals surface area contributed by atoms with Crippen LogP contribution < -0.4 is 15.1 Å². The van der Waals surface area contributed by atoms with Gasteiger partial charge in [0.15, 0.2) is 0 Å². The van der Waals surface area contributed by atoms with Gasteiger partial charge >= 0.3 is 0 Å². The summed E-state index contributed by atoms with van der Waals surface area (Å²) in [7, 11) is 0. The van der Waals surface area contributed by atoms with Crippen LogP contribution in [0.4, 0.5) is 17.6 Å². The highest BCUT2D eigenvalue weighted by molar-refractivity contribution is 5.91. The predicted molar refractivity (Wildman–Crippen MR) is 123 cm³/mol. The minimum Gasteiger partial charge on any atom is -0.378 e. The van der Waals surface area contributed by atoms with Crippen molar-refractivity contribution >= 4 is 28.5 Å². The highest BCUT2D eigenvalue weighted by Crippen LogP contribution is 2.32. The van der Waals surface area contributed by atoms with Crippen molar-refractivity contribution in [3.63, 3.8) is 0 Å². The number of ether oxygens (including phenoxy) is 1. The van der Waals surface area contributed by atoms with E-state index in [4.69, 9.17) is 9.72 Å². The number of pyridine rings is 2. The Morgan fingerprint density at radius 3 is 2.71 bits per heavy atom. The molecule has 8 heteroatoms. The van der Waals surface area contributed by atoms with Gasteiger partial charge < -0.3 is 19.9 Å². The summed E-state index contributed by atoms with van der Waals surface area (Å²) in [6.45, 7) is 6.19. The van der Waals surface area contributed by atoms with Crippen molar-refractivity contribution in [2.24, 2.45) is 5.92 Å². The minimum absolute atomic E-state index is 0.616. The Morgan fingerprint density at radius 1 is 1.00 bits per heavy atom. The maximum Gasteiger partial charge on any atom is 0.222 e. The van der Waals surface area contributed by atoms with E-state index in [0.717, 1.165) is 74.9 Å². The molecule has 0 bridgehead atoms. The van der Waals surface area contributed by atoms with E-state index in [1.807, 2.05) is 18.3 Å². The van der Waals surface area contributed by atoms with Gasteiger partial charge in [-0.15, -0.1) is 0 Å². The fourth-order valence-electron chi connectivity index (χ4n) is 4.51. The molecule has 1 N–H and O–H groups in total. The molecule has 3 aromatic rings. The molecule has 0 aromatic carbocycles. The molecular weight excluding hydrogens is 390 g/mol. The maximum absolute atomic E-state index is 5.53. The maximum atomic E-state index is 5.53. The first-order valence-electron chi connectivity index (χ1n) is 11.2. The second-order valence-electron chi connectivity index (χ2n) is 8.22. The Hall–Kier alpha value is -3.00. The van der Waals surface area contributed by atoms with E-state index in [0.29, 0.717) is 11.9 Å². The molecular formula is C23H29N7O. The van der Waals surface area contributed by atoms with Gasteiger partial charge in [-0.05, 0) is 43.4 Å². The molecule has 2 aliphatic rings. The second kappa shape index (κ2) is 9.43. The zero-order valence-corrected chi connectivity index (χ0v) is 17.8. The van der Waals surface area contributed by atoms with Gasteiger partial charge in [-0.3, -0.25) is 4.98 Å². The summed E-state index contributed by atoms with van der Waals surface area (Å²) in [5.74, 6) is 3.39. The van der Waals surface area contributed by atoms with Crippen molar-refractivity contribution in [2.75, 3.05) is 61.1 Å². The Kier molecular flexibility index (Phi) is 6.06. The summed E-state index contributed by atoms with van der Waals surface area (Å²) < 4.78 is 5.53. The smallest absolute Gasteiger partial charge is 0.222 e. The first-order chi connectivity index (χ1) is 15.4. The Labute approximate surface area is 182 Å². The molecule has 0 aliphatic carbocycles. The topological polar surface area (TPSA) is 79.3 Å². The number of morpholine rings is 1. The van der Waals surface area contributed by atoms with Crippen molar-refractivity contribution in [2.45, 2.75) is 19.3 Å². The standard InChI is InChI=1S/C23H29N7O/c1-5-19-20(24-7-1)16-21(29-12-14-31-15-13-29)28-22(19)30-11-2-4-18(17-30)6-10-27-23-25-8-3-9-26-23/h1,3,5,7-9,16,18H,2,4,6,10-15,17H2,(H,25,26,27). The molecule has 5 heterocycles. The number of piperidine rings is 1. The number of aromatic nitrogens is 4. The molecule has 5 rings (SSSR count). The number of rotatable bonds is 6. The first kappa shape index (κ1) is 19.9. The molecule has 0 radical (unpaired) electrons. The van der Waals surface area contributed by atoms with Crippen LogP contribution in [0.3, 0.4) is 0 Å². The summed E-state index contributed by atoms with van der Waals surface area (Å²) in [4.78, 5) is 23.0. The molecule has 162 valence electrons. The summed E-state index contributed by atoms with van der Waals surface area (Å²) in [5, 5.41) is 4.48. The lowest BCUT2D eigenvalue weighted by Gasteiger charge is -2.35. The Morgan fingerprint density at radius 2 is 1.84 bits per heavy atom. The number of fused-ring (bicyclic) bond motifs is 1. The van der Waals surface area contributed by atoms with Gasteiger partial charge in [-0.25, -0.2) is 15.0 Å². The average molecular weight is 420 g/mol. The van der Waals surface area contributed by atoms with Crippen LogP contribution in [0.1, 0.15) is 19.3 Å². The van der Waals surface area contributed by atoms with Crippen molar-refractivity contribution in [3.8, 4) is 0 Å². The van der Waals surface area contributed by atoms with E-state index < -0.39 is 0 Å². The molecule has 2 fully saturated rings. The number of anilines is 3. The quantitative estimate of drug-likeness (QED) is 0.653. The van der Waals surface area contributed by atoms with Crippen LogP contribution in [0.15, 0.2) is 42.9 Å². The molecule has 3 aromatic heterocycles. The summed E-state index contributed by atoms with van der Waals surface area (Å²) in [6.07, 6.45) is 8.92. The van der Waals surface area contributed by atoms with E-state index in [1.165, 1.54) is 12.8 Å². The lowest BCUT2D eigenvalue weighted by molar-refractivity contribution is 0.122. The van der Waals surface area contributed by atoms with Gasteiger partial charge in [0.2, 0.25) is 5.95 Å². The van der Waals surface area contributed by atoms with Crippen molar-refractivity contribution in [1.82, 2.24) is 19.9 Å². The zero-order chi connectivity index (χ0) is 20.9. The zero-order valence-electron chi connectivity index (χ0n) is 17.8. The molecule has 0 spiro atoms. The monoisotopic (exact) mass is 419 g/mol. The lowest BCUT2D eigenvalue weighted by atomic mass is 9.94. The number of hydrogen-bond donors (Lipinski definition) is 1. The normalized spacial score (nSPS) is 19.5. The van der Waals surface area contributed by atoms with Gasteiger partial charge in [0.1, 0.15) is 11.6 Å². The van der Waals surface area contributed by atoms with Gasteiger partial charge in [-0.1, -0.05) is 0 Å². The molecule has 2 aliphatic heterocycles. The van der Waals surface area contributed by atoms with Gasteiger partial charge in [0, 0.05) is 62.8 Å². The van der Waals surface area contributed by atoms with E-state index in [-0.39, 0.29) is 0 Å². The van der Waals surface area contributed by atoms with Gasteiger partial charge in [0.25, 0.3) is 0 Å². The van der Waals surface area contributed by atoms with Crippen molar-refractivity contribution in [1.29, 1.82) is 0 Å². The van der Waals surface area contributed by atoms with Crippen LogP contribution in [0, 0.1) is 5.92 Å². The second-order valence-corrected chi connectivity index (χ2v) is 8.22. The molecule has 8 nitrogen and oxygen atoms in total. The fourth-order valence-corrected chi connectivity index (χ4v) is 4.51. The first-order valence-corrected chi connectivity index (χ1v) is 11.2. The Balaban J connectivity index is 1.32. The summed E-state index contributed by atoms with van der Waals surface area (Å²) >= 11 is 0. The third-order valence-electron chi connectivity index (χ3n) is 6.12. The van der Waals surface area contributed by atoms with Gasteiger partial charge in [-0.2, -0.15) is 0 Å². The lowest BCUT2D eigenvalue weighted by Crippen LogP contribution is -2.39. The summed E-state index contributed by atoms with van der Waals surface area (Å²) in [6, 6.07) is 8.11. The van der Waals surface area contributed by atoms with Crippen LogP contribution in [0.2, 0.25) is 0 Å². The third kappa shape index (κ3) is 4.69. The molecule has 0 saturated carbocycles. The predicted octanol–water partition coefficient (Wildman–Crippen LogP) is 2.98. The van der Waals surface area contributed by atoms with Crippen molar-refractivity contribution in [3.05, 3.63) is 42.9 Å². The van der Waals surface area contributed by atoms with Crippen LogP contribution in [0.25, 0.3) is 10.9 Å². The molecule has 2 saturated heterocycles. The largest absolute Gasteiger partial charge is 0.378 e. The average Bonchev–Trinajstić information content (AvgIpc) is 2.85. The molecule has 1 atom stereocenters. The highest BCUT2D eigenvalue weighted by Gasteiger charge is 2.24. The number of hydrogen-bond acceptors (Lipinski definition) is 8. The van der Waals surface area contributed by atoms with Crippen LogP contribution >= 0.6 is 0 Å². The van der Waals surface area contributed by atoms with Gasteiger partial charge in [0.05, 0.1) is 18.7 Å². The third-order valence-corrected chi connectivity index (χ3v) is 6.12. The van der Waals surface area contributed by atoms with E-state index in [9.17, 15) is 0 Å². The van der Waals surface area contributed by atoms with Crippen molar-refractivity contribution < 1.29 is 4.74 Å². The molecule has 0 amide bonds. The number of nitrogens with zero attached hydrogens (tertiary/aromatic N) is 6. The molecule has 1 unspecified atom stereocenters. The SMILES string of the molecule is c1cnc(NCCC2CCCN(c3nc(N4CCOCC4)cc4ncccc34)C2)nc1. The van der Waals surface area contributed by atoms with Crippen LogP contribution in [0.5, 0.6) is 0 Å². The fraction of sp³-hybridized carbons (Fsp3) is 0.478. The Bertz CT molecular complexity index is 994. The number of nitrogens with one attached hydrogen (secondary N) is 1. The highest BCUT2D eigenvalue weighted by atomic mass is 16.5. The van der Waals surface area contributed by atoms with Crippen LogP contribution in [-0.4, -0.2) is 65.9 Å². The van der Waals surface area contributed by atoms with E-state index in [2.05, 4.69) is 42.2 Å².